The molecule has 0 aliphatic heterocycles. The molecule has 0 heterocycles. The highest BCUT2D eigenvalue weighted by Gasteiger charge is 2.25. The van der Waals surface area contributed by atoms with Gasteiger partial charge in [-0.15, -0.1) is 0 Å². The van der Waals surface area contributed by atoms with Crippen LogP contribution in [0.25, 0.3) is 0 Å². The topological polar surface area (TPSA) is 55.1 Å². The van der Waals surface area contributed by atoms with E-state index < -0.39 is 0 Å². The standard InChI is InChI=1S/C13H15Br3N2O/c14-8-5-10(15)12(11(16)6-8)18-13(19)7-1-3-9(17)4-2-7/h5-7,9H,1-4,17H2,(H,18,19). The van der Waals surface area contributed by atoms with E-state index in [0.29, 0.717) is 0 Å². The van der Waals surface area contributed by atoms with Crippen molar-refractivity contribution in [3.05, 3.63) is 25.6 Å². The summed E-state index contributed by atoms with van der Waals surface area (Å²) in [5.41, 5.74) is 6.64. The highest BCUT2D eigenvalue weighted by molar-refractivity contribution is 9.11. The quantitative estimate of drug-likeness (QED) is 0.694. The maximum atomic E-state index is 12.3. The van der Waals surface area contributed by atoms with Crippen LogP contribution >= 0.6 is 47.8 Å². The van der Waals surface area contributed by atoms with Crippen LogP contribution in [0.2, 0.25) is 0 Å². The third kappa shape index (κ3) is 4.03. The third-order valence-corrected chi connectivity index (χ3v) is 5.11. The summed E-state index contributed by atoms with van der Waals surface area (Å²) < 4.78 is 2.66. The zero-order valence-electron chi connectivity index (χ0n) is 10.3. The van der Waals surface area contributed by atoms with Crippen LogP contribution in [0.3, 0.4) is 0 Å². The molecule has 104 valence electrons. The van der Waals surface area contributed by atoms with Gasteiger partial charge in [-0.1, -0.05) is 15.9 Å². The lowest BCUT2D eigenvalue weighted by Crippen LogP contribution is -2.32. The van der Waals surface area contributed by atoms with Gasteiger partial charge < -0.3 is 11.1 Å². The molecule has 0 aromatic heterocycles. The maximum absolute atomic E-state index is 12.3. The fraction of sp³-hybridized carbons (Fsp3) is 0.462. The lowest BCUT2D eigenvalue weighted by Gasteiger charge is -2.25. The smallest absolute Gasteiger partial charge is 0.227 e. The van der Waals surface area contributed by atoms with Crippen molar-refractivity contribution in [2.45, 2.75) is 31.7 Å². The van der Waals surface area contributed by atoms with Gasteiger partial charge in [0.25, 0.3) is 0 Å². The Kier molecular flexibility index (Phi) is 5.45. The molecule has 1 aliphatic carbocycles. The highest BCUT2D eigenvalue weighted by Crippen LogP contribution is 2.35. The van der Waals surface area contributed by atoms with Gasteiger partial charge in [-0.2, -0.15) is 0 Å². The van der Waals surface area contributed by atoms with Crippen LogP contribution in [0.4, 0.5) is 5.69 Å². The third-order valence-electron chi connectivity index (χ3n) is 3.40. The Bertz CT molecular complexity index is 462. The molecule has 6 heteroatoms. The van der Waals surface area contributed by atoms with E-state index in [9.17, 15) is 4.79 Å². The average Bonchev–Trinajstić information content (AvgIpc) is 2.34. The molecule has 3 nitrogen and oxygen atoms in total. The molecule has 1 aliphatic rings. The lowest BCUT2D eigenvalue weighted by molar-refractivity contribution is -0.120. The molecule has 0 bridgehead atoms. The van der Waals surface area contributed by atoms with Crippen molar-refractivity contribution < 1.29 is 4.79 Å². The Morgan fingerprint density at radius 1 is 1.11 bits per heavy atom. The summed E-state index contributed by atoms with van der Waals surface area (Å²) >= 11 is 10.3. The summed E-state index contributed by atoms with van der Waals surface area (Å²) in [6, 6.07) is 4.09. The van der Waals surface area contributed by atoms with Gasteiger partial charge in [0, 0.05) is 25.4 Å². The molecule has 0 spiro atoms. The van der Waals surface area contributed by atoms with E-state index in [1.165, 1.54) is 0 Å². The number of carbonyl (C=O) groups excluding carboxylic acids is 1. The van der Waals surface area contributed by atoms with Crippen molar-refractivity contribution in [3.8, 4) is 0 Å². The van der Waals surface area contributed by atoms with Crippen LogP contribution < -0.4 is 11.1 Å². The molecule has 19 heavy (non-hydrogen) atoms. The largest absolute Gasteiger partial charge is 0.328 e. The first-order chi connectivity index (χ1) is 8.97. The average molecular weight is 455 g/mol. The number of amides is 1. The van der Waals surface area contributed by atoms with Crippen LogP contribution in [-0.2, 0) is 4.79 Å². The van der Waals surface area contributed by atoms with Crippen LogP contribution in [0, 0.1) is 5.92 Å². The first kappa shape index (κ1) is 15.5. The first-order valence-corrected chi connectivity index (χ1v) is 8.56. The Balaban J connectivity index is 2.07. The first-order valence-electron chi connectivity index (χ1n) is 6.18. The van der Waals surface area contributed by atoms with E-state index in [2.05, 4.69) is 53.1 Å². The normalized spacial score (nSPS) is 23.2. The lowest BCUT2D eigenvalue weighted by atomic mass is 9.86. The predicted octanol–water partition coefficient (Wildman–Crippen LogP) is 4.43. The van der Waals surface area contributed by atoms with Crippen LogP contribution in [-0.4, -0.2) is 11.9 Å². The summed E-state index contributed by atoms with van der Waals surface area (Å²) in [5, 5.41) is 3.00. The van der Waals surface area contributed by atoms with Gasteiger partial charge in [0.2, 0.25) is 5.91 Å². The Labute approximate surface area is 138 Å². The molecule has 1 amide bonds. The van der Waals surface area contributed by atoms with E-state index >= 15 is 0 Å². The number of carbonyl (C=O) groups is 1. The fourth-order valence-electron chi connectivity index (χ4n) is 2.27. The summed E-state index contributed by atoms with van der Waals surface area (Å²) in [7, 11) is 0. The molecular weight excluding hydrogens is 440 g/mol. The van der Waals surface area contributed by atoms with Gasteiger partial charge in [0.1, 0.15) is 0 Å². The molecule has 0 unspecified atom stereocenters. The van der Waals surface area contributed by atoms with Crippen molar-refractivity contribution in [1.29, 1.82) is 0 Å². The summed E-state index contributed by atoms with van der Waals surface area (Å²) in [6.45, 7) is 0. The van der Waals surface area contributed by atoms with E-state index in [1.54, 1.807) is 0 Å². The minimum absolute atomic E-state index is 0.0715. The number of halogens is 3. The second kappa shape index (κ2) is 6.70. The number of hydrogen-bond donors (Lipinski definition) is 2. The predicted molar refractivity (Wildman–Crippen MR) is 88.1 cm³/mol. The van der Waals surface area contributed by atoms with Crippen LogP contribution in [0.5, 0.6) is 0 Å². The van der Waals surface area contributed by atoms with Crippen molar-refractivity contribution in [2.75, 3.05) is 5.32 Å². The molecule has 1 saturated carbocycles. The number of nitrogens with one attached hydrogen (secondary N) is 1. The Morgan fingerprint density at radius 2 is 1.63 bits per heavy atom. The SMILES string of the molecule is NC1CCC(C(=O)Nc2c(Br)cc(Br)cc2Br)CC1. The maximum Gasteiger partial charge on any atom is 0.227 e. The Morgan fingerprint density at radius 3 is 2.16 bits per heavy atom. The number of nitrogens with two attached hydrogens (primary N) is 1. The zero-order valence-corrected chi connectivity index (χ0v) is 15.0. The van der Waals surface area contributed by atoms with Gasteiger partial charge in [0.05, 0.1) is 5.69 Å². The van der Waals surface area contributed by atoms with Gasteiger partial charge >= 0.3 is 0 Å². The second-order valence-electron chi connectivity index (χ2n) is 4.85. The monoisotopic (exact) mass is 452 g/mol. The molecule has 3 N–H and O–H groups in total. The highest BCUT2D eigenvalue weighted by atomic mass is 79.9. The van der Waals surface area contributed by atoms with Crippen molar-refractivity contribution in [1.82, 2.24) is 0 Å². The van der Waals surface area contributed by atoms with Crippen LogP contribution in [0.1, 0.15) is 25.7 Å². The zero-order chi connectivity index (χ0) is 14.0. The van der Waals surface area contributed by atoms with Crippen LogP contribution in [0.15, 0.2) is 25.6 Å². The van der Waals surface area contributed by atoms with E-state index in [1.807, 2.05) is 12.1 Å². The van der Waals surface area contributed by atoms with E-state index in [4.69, 9.17) is 5.73 Å². The molecule has 0 atom stereocenters. The minimum Gasteiger partial charge on any atom is -0.328 e. The van der Waals surface area contributed by atoms with Crippen molar-refractivity contribution in [3.63, 3.8) is 0 Å². The molecule has 1 aromatic rings. The number of rotatable bonds is 2. The van der Waals surface area contributed by atoms with Gasteiger partial charge in [0.15, 0.2) is 0 Å². The fourth-order valence-corrected chi connectivity index (χ4v) is 4.73. The van der Waals surface area contributed by atoms with Crippen molar-refractivity contribution >= 4 is 59.4 Å². The summed E-state index contributed by atoms with van der Waals surface area (Å²) in [6.07, 6.45) is 3.61. The minimum atomic E-state index is 0.0715. The molecular formula is C13H15Br3N2O. The molecule has 1 aromatic carbocycles. The molecule has 0 radical (unpaired) electrons. The molecule has 0 saturated heterocycles. The molecule has 2 rings (SSSR count). The van der Waals surface area contributed by atoms with E-state index in [0.717, 1.165) is 44.8 Å². The summed E-state index contributed by atoms with van der Waals surface area (Å²) in [5.74, 6) is 0.151. The number of hydrogen-bond acceptors (Lipinski definition) is 2. The number of benzene rings is 1. The van der Waals surface area contributed by atoms with Gasteiger partial charge in [-0.3, -0.25) is 4.79 Å². The number of anilines is 1. The summed E-state index contributed by atoms with van der Waals surface area (Å²) in [4.78, 5) is 12.3. The van der Waals surface area contributed by atoms with Gasteiger partial charge in [-0.05, 0) is 69.7 Å². The Hall–Kier alpha value is 0.0900. The van der Waals surface area contributed by atoms with E-state index in [-0.39, 0.29) is 17.9 Å². The van der Waals surface area contributed by atoms with Crippen molar-refractivity contribution in [2.24, 2.45) is 11.7 Å². The molecule has 1 fully saturated rings. The second-order valence-corrected chi connectivity index (χ2v) is 7.47. The van der Waals surface area contributed by atoms with Gasteiger partial charge in [-0.25, -0.2) is 0 Å².